The van der Waals surface area contributed by atoms with Gasteiger partial charge in [0.05, 0.1) is 0 Å². The van der Waals surface area contributed by atoms with Gasteiger partial charge in [-0.2, -0.15) is 0 Å². The molecule has 0 aliphatic carbocycles. The number of urea groups is 1. The van der Waals surface area contributed by atoms with Crippen molar-refractivity contribution in [2.24, 2.45) is 0 Å². The summed E-state index contributed by atoms with van der Waals surface area (Å²) in [7, 11) is 0. The van der Waals surface area contributed by atoms with Crippen LogP contribution in [0.5, 0.6) is 0 Å². The van der Waals surface area contributed by atoms with E-state index in [2.05, 4.69) is 21.2 Å². The molecule has 0 saturated carbocycles. The Morgan fingerprint density at radius 3 is 2.15 bits per heavy atom. The van der Waals surface area contributed by atoms with Gasteiger partial charge in [-0.15, -0.1) is 0 Å². The molecule has 2 aromatic rings. The van der Waals surface area contributed by atoms with Gasteiger partial charge >= 0.3 is 0 Å². The van der Waals surface area contributed by atoms with Crippen LogP contribution in [0.4, 0.5) is 10.5 Å². The van der Waals surface area contributed by atoms with Crippen molar-refractivity contribution in [1.29, 1.82) is 0 Å². The number of anilines is 1. The van der Waals surface area contributed by atoms with Crippen molar-refractivity contribution in [3.63, 3.8) is 0 Å². The van der Waals surface area contributed by atoms with Crippen molar-refractivity contribution in [3.05, 3.63) is 75.3 Å². The fourth-order valence-corrected chi connectivity index (χ4v) is 3.43. The van der Waals surface area contributed by atoms with Gasteiger partial charge in [-0.3, -0.25) is 9.59 Å². The molecule has 3 rings (SSSR count). The van der Waals surface area contributed by atoms with E-state index in [1.807, 2.05) is 24.3 Å². The van der Waals surface area contributed by atoms with E-state index >= 15 is 0 Å². The van der Waals surface area contributed by atoms with E-state index in [1.54, 1.807) is 6.92 Å². The molecule has 3 amide bonds. The molecule has 2 aromatic carbocycles. The van der Waals surface area contributed by atoms with Crippen LogP contribution < -0.4 is 4.90 Å². The number of nitrogens with zero attached hydrogens (tertiary/aromatic N) is 2. The first-order valence-corrected chi connectivity index (χ1v) is 8.65. The van der Waals surface area contributed by atoms with E-state index < -0.39 is 17.5 Å². The molecule has 0 aromatic heterocycles. The van der Waals surface area contributed by atoms with Crippen LogP contribution in [-0.4, -0.2) is 17.5 Å². The Balaban J connectivity index is 0.00000169. The first kappa shape index (κ1) is 23.6. The largest absolute Gasteiger partial charge is 0.416 e. The molecule has 1 aliphatic rings. The maximum Gasteiger partial charge on any atom is 0.165 e. The summed E-state index contributed by atoms with van der Waals surface area (Å²) in [4.78, 5) is 26.2. The van der Waals surface area contributed by atoms with Crippen LogP contribution in [0.25, 0.3) is 5.32 Å². The van der Waals surface area contributed by atoms with Crippen LogP contribution in [0.3, 0.4) is 0 Å². The summed E-state index contributed by atoms with van der Waals surface area (Å²) in [6, 6.07) is 11.5. The number of amides is 3. The minimum atomic E-state index is -1.15. The fraction of sp³-hybridized carbons (Fsp3) is 0.167. The van der Waals surface area contributed by atoms with Crippen molar-refractivity contribution in [3.8, 4) is 0 Å². The molecule has 26 heavy (non-hydrogen) atoms. The average molecular weight is 531 g/mol. The third-order valence-electron chi connectivity index (χ3n) is 3.76. The molecule has 1 saturated heterocycles. The summed E-state index contributed by atoms with van der Waals surface area (Å²) in [5.41, 5.74) is 0.0852. The number of halogens is 3. The zero-order valence-corrected chi connectivity index (χ0v) is 20.1. The van der Waals surface area contributed by atoms with Gasteiger partial charge in [0.15, 0.2) is 11.9 Å². The van der Waals surface area contributed by atoms with Gasteiger partial charge < -0.3 is 17.6 Å². The topological polar surface area (TPSA) is 51.5 Å². The van der Waals surface area contributed by atoms with Crippen LogP contribution in [0, 0.1) is 7.43 Å². The number of benzene rings is 2. The van der Waals surface area contributed by atoms with Crippen LogP contribution in [0.2, 0.25) is 10.0 Å². The van der Waals surface area contributed by atoms with Gasteiger partial charge in [-0.05, 0) is 48.0 Å². The fourth-order valence-electron chi connectivity index (χ4n) is 2.65. The SMILES string of the molecule is C[C@@]1(Cc2ccc(Br)cc2)[N-]C(=O)N(c2cc(Cl)cc(Cl)c2)C1=O.[CH3-].[Y]. The molecule has 135 valence electrons. The van der Waals surface area contributed by atoms with Gasteiger partial charge in [0.1, 0.15) is 0 Å². The molecule has 1 atom stereocenters. The summed E-state index contributed by atoms with van der Waals surface area (Å²) in [5, 5.41) is 4.77. The van der Waals surface area contributed by atoms with Crippen molar-refractivity contribution < 1.29 is 42.3 Å². The van der Waals surface area contributed by atoms with Crippen LogP contribution in [0.15, 0.2) is 46.9 Å². The standard InChI is InChI=1S/C17H13BrCl2N2O2.CH3.Y/c1-17(9-10-2-4-11(18)5-3-10)15(23)22(16(24)21-17)14-7-12(19)6-13(20)8-14;;/h2-8H,9H2,1H3,(H,21,24);1H3;/q;-1;/p-1/t17-;;/m0../s1. The zero-order chi connectivity index (χ0) is 17.5. The van der Waals surface area contributed by atoms with Crippen LogP contribution in [-0.2, 0) is 43.9 Å². The molecule has 0 N–H and O–H groups in total. The van der Waals surface area contributed by atoms with E-state index in [1.165, 1.54) is 18.2 Å². The normalized spacial score (nSPS) is 18.8. The minimum absolute atomic E-state index is 0. The number of hydrogen-bond donors (Lipinski definition) is 0. The third-order valence-corrected chi connectivity index (χ3v) is 4.73. The molecular weight excluding hydrogens is 516 g/mol. The first-order chi connectivity index (χ1) is 11.3. The Kier molecular flexibility index (Phi) is 8.31. The van der Waals surface area contributed by atoms with Crippen molar-refractivity contribution in [2.45, 2.75) is 18.9 Å². The molecule has 0 unspecified atom stereocenters. The van der Waals surface area contributed by atoms with Gasteiger partial charge in [-0.1, -0.05) is 58.2 Å². The molecule has 1 heterocycles. The molecule has 1 fully saturated rings. The van der Waals surface area contributed by atoms with E-state index in [0.717, 1.165) is 14.9 Å². The summed E-state index contributed by atoms with van der Waals surface area (Å²) in [5.74, 6) is -0.395. The average Bonchev–Trinajstić information content (AvgIpc) is 2.70. The minimum Gasteiger partial charge on any atom is -0.416 e. The Morgan fingerprint density at radius 2 is 1.62 bits per heavy atom. The maximum absolute atomic E-state index is 12.8. The molecule has 0 spiro atoms. The van der Waals surface area contributed by atoms with Gasteiger partial charge in [0.25, 0.3) is 0 Å². The van der Waals surface area contributed by atoms with Gasteiger partial charge in [0, 0.05) is 52.8 Å². The summed E-state index contributed by atoms with van der Waals surface area (Å²) < 4.78 is 0.942. The van der Waals surface area contributed by atoms with E-state index in [0.29, 0.717) is 22.2 Å². The number of carbonyl (C=O) groups is 2. The monoisotopic (exact) mass is 529 g/mol. The van der Waals surface area contributed by atoms with Crippen LogP contribution in [0.1, 0.15) is 12.5 Å². The first-order valence-electron chi connectivity index (χ1n) is 7.10. The molecular formula is C18H15BrCl2N2O2Y-2. The Hall–Kier alpha value is -0.456. The molecule has 0 bridgehead atoms. The number of hydrogen-bond acceptors (Lipinski definition) is 2. The van der Waals surface area contributed by atoms with Gasteiger partial charge in [-0.25, -0.2) is 0 Å². The second-order valence-corrected chi connectivity index (χ2v) is 7.53. The quantitative estimate of drug-likeness (QED) is 0.358. The third kappa shape index (κ3) is 4.87. The molecule has 1 radical (unpaired) electrons. The summed E-state index contributed by atoms with van der Waals surface area (Å²) in [6.07, 6.45) is 0.329. The van der Waals surface area contributed by atoms with E-state index in [4.69, 9.17) is 23.2 Å². The number of rotatable bonds is 3. The smallest absolute Gasteiger partial charge is 0.165 e. The van der Waals surface area contributed by atoms with Gasteiger partial charge in [0.2, 0.25) is 0 Å². The molecule has 4 nitrogen and oxygen atoms in total. The Labute approximate surface area is 196 Å². The summed E-state index contributed by atoms with van der Waals surface area (Å²) in [6.45, 7) is 1.65. The Morgan fingerprint density at radius 1 is 1.08 bits per heavy atom. The zero-order valence-electron chi connectivity index (χ0n) is 14.2. The van der Waals surface area contributed by atoms with E-state index in [-0.39, 0.29) is 40.1 Å². The molecule has 8 heteroatoms. The summed E-state index contributed by atoms with van der Waals surface area (Å²) >= 11 is 15.3. The number of carbonyl (C=O) groups excluding carboxylic acids is 2. The molecule has 1 aliphatic heterocycles. The number of imide groups is 1. The second kappa shape index (κ2) is 9.16. The Bertz CT molecular complexity index is 812. The maximum atomic E-state index is 12.8. The van der Waals surface area contributed by atoms with Crippen LogP contribution >= 0.6 is 39.1 Å². The van der Waals surface area contributed by atoms with Crippen molar-refractivity contribution >= 4 is 56.8 Å². The predicted molar refractivity (Wildman–Crippen MR) is 105 cm³/mol. The second-order valence-electron chi connectivity index (χ2n) is 5.74. The van der Waals surface area contributed by atoms with Crippen molar-refractivity contribution in [2.75, 3.05) is 4.90 Å². The predicted octanol–water partition coefficient (Wildman–Crippen LogP) is 6.05. The van der Waals surface area contributed by atoms with E-state index in [9.17, 15) is 9.59 Å². The van der Waals surface area contributed by atoms with Crippen molar-refractivity contribution in [1.82, 2.24) is 0 Å².